The van der Waals surface area contributed by atoms with Gasteiger partial charge in [-0.3, -0.25) is 4.90 Å². The molecule has 0 spiro atoms. The highest BCUT2D eigenvalue weighted by molar-refractivity contribution is 7.10. The van der Waals surface area contributed by atoms with E-state index in [9.17, 15) is 0 Å². The second kappa shape index (κ2) is 5.58. The predicted octanol–water partition coefficient (Wildman–Crippen LogP) is 3.17. The Balaban J connectivity index is 1.40. The van der Waals surface area contributed by atoms with E-state index in [4.69, 9.17) is 0 Å². The summed E-state index contributed by atoms with van der Waals surface area (Å²) in [7, 11) is 0. The van der Waals surface area contributed by atoms with E-state index in [0.717, 1.165) is 18.1 Å². The smallest absolute Gasteiger partial charge is 0.155 e. The zero-order valence-corrected chi connectivity index (χ0v) is 12.7. The standard InChI is InChI=1S/C16H18N4S/c1-2-15(21-9-1)14-5-7-19(8-6-14)10-13-3-4-16-17-12-18-20(16)11-13/h1-4,9,11-12,14H,5-8,10H2. The van der Waals surface area contributed by atoms with E-state index in [0.29, 0.717) is 0 Å². The summed E-state index contributed by atoms with van der Waals surface area (Å²) < 4.78 is 1.85. The van der Waals surface area contributed by atoms with Crippen LogP contribution in [0, 0.1) is 0 Å². The molecule has 1 fully saturated rings. The maximum absolute atomic E-state index is 4.21. The largest absolute Gasteiger partial charge is 0.299 e. The number of aromatic nitrogens is 3. The van der Waals surface area contributed by atoms with Crippen LogP contribution in [-0.4, -0.2) is 32.6 Å². The summed E-state index contributed by atoms with van der Waals surface area (Å²) in [6.07, 6.45) is 6.23. The lowest BCUT2D eigenvalue weighted by Crippen LogP contribution is -2.32. The number of fused-ring (bicyclic) bond motifs is 1. The molecule has 21 heavy (non-hydrogen) atoms. The first kappa shape index (κ1) is 13.0. The third kappa shape index (κ3) is 2.71. The molecule has 4 heterocycles. The number of piperidine rings is 1. The molecule has 0 bridgehead atoms. The van der Waals surface area contributed by atoms with Crippen molar-refractivity contribution in [2.45, 2.75) is 25.3 Å². The normalized spacial score (nSPS) is 17.5. The average molecular weight is 298 g/mol. The van der Waals surface area contributed by atoms with Gasteiger partial charge in [-0.1, -0.05) is 12.1 Å². The monoisotopic (exact) mass is 298 g/mol. The van der Waals surface area contributed by atoms with Crippen LogP contribution >= 0.6 is 11.3 Å². The van der Waals surface area contributed by atoms with E-state index in [1.807, 2.05) is 21.9 Å². The van der Waals surface area contributed by atoms with Gasteiger partial charge < -0.3 is 0 Å². The number of hydrogen-bond donors (Lipinski definition) is 0. The molecular formula is C16H18N4S. The van der Waals surface area contributed by atoms with Crippen LogP contribution in [0.1, 0.15) is 29.2 Å². The molecule has 3 aromatic rings. The summed E-state index contributed by atoms with van der Waals surface area (Å²) in [5, 5.41) is 6.40. The maximum atomic E-state index is 4.21. The SMILES string of the molecule is c1csc(C2CCN(Cc3ccc4ncnn4c3)CC2)c1. The van der Waals surface area contributed by atoms with Crippen LogP contribution in [0.3, 0.4) is 0 Å². The summed E-state index contributed by atoms with van der Waals surface area (Å²) >= 11 is 1.90. The zero-order valence-electron chi connectivity index (χ0n) is 11.9. The molecule has 0 radical (unpaired) electrons. The van der Waals surface area contributed by atoms with E-state index in [1.54, 1.807) is 11.2 Å². The lowest BCUT2D eigenvalue weighted by atomic mass is 9.95. The summed E-state index contributed by atoms with van der Waals surface area (Å²) in [6, 6.07) is 8.65. The van der Waals surface area contributed by atoms with Gasteiger partial charge in [-0.15, -0.1) is 11.3 Å². The molecule has 5 heteroatoms. The summed E-state index contributed by atoms with van der Waals surface area (Å²) in [6.45, 7) is 3.36. The number of pyridine rings is 1. The predicted molar refractivity (Wildman–Crippen MR) is 84.6 cm³/mol. The molecule has 0 N–H and O–H groups in total. The zero-order chi connectivity index (χ0) is 14.1. The maximum Gasteiger partial charge on any atom is 0.155 e. The molecular weight excluding hydrogens is 280 g/mol. The minimum Gasteiger partial charge on any atom is -0.299 e. The molecule has 0 aliphatic carbocycles. The van der Waals surface area contributed by atoms with Crippen molar-refractivity contribution >= 4 is 17.0 Å². The van der Waals surface area contributed by atoms with Gasteiger partial charge in [0.25, 0.3) is 0 Å². The molecule has 3 aromatic heterocycles. The van der Waals surface area contributed by atoms with Gasteiger partial charge in [-0.2, -0.15) is 5.10 Å². The van der Waals surface area contributed by atoms with Crippen molar-refractivity contribution in [3.8, 4) is 0 Å². The fourth-order valence-electron chi connectivity index (χ4n) is 3.11. The number of hydrogen-bond acceptors (Lipinski definition) is 4. The van der Waals surface area contributed by atoms with Crippen molar-refractivity contribution in [1.82, 2.24) is 19.5 Å². The van der Waals surface area contributed by atoms with Gasteiger partial charge in [-0.25, -0.2) is 9.50 Å². The molecule has 1 aliphatic heterocycles. The molecule has 1 aliphatic rings. The Labute approximate surface area is 128 Å². The van der Waals surface area contributed by atoms with E-state index >= 15 is 0 Å². The van der Waals surface area contributed by atoms with Crippen LogP contribution in [0.25, 0.3) is 5.65 Å². The van der Waals surface area contributed by atoms with Gasteiger partial charge in [0.05, 0.1) is 0 Å². The van der Waals surface area contributed by atoms with Crippen LogP contribution in [0.15, 0.2) is 42.2 Å². The Hall–Kier alpha value is -1.72. The van der Waals surface area contributed by atoms with E-state index < -0.39 is 0 Å². The highest BCUT2D eigenvalue weighted by atomic mass is 32.1. The van der Waals surface area contributed by atoms with Gasteiger partial charge in [0.2, 0.25) is 0 Å². The Bertz CT molecular complexity index is 711. The second-order valence-corrected chi connectivity index (χ2v) is 6.65. The van der Waals surface area contributed by atoms with E-state index in [-0.39, 0.29) is 0 Å². The van der Waals surface area contributed by atoms with Crippen molar-refractivity contribution in [2.75, 3.05) is 13.1 Å². The fourth-order valence-corrected chi connectivity index (χ4v) is 4.01. The van der Waals surface area contributed by atoms with Crippen molar-refractivity contribution < 1.29 is 0 Å². The fraction of sp³-hybridized carbons (Fsp3) is 0.375. The Morgan fingerprint density at radius 3 is 2.90 bits per heavy atom. The summed E-state index contributed by atoms with van der Waals surface area (Å²) in [4.78, 5) is 8.28. The quantitative estimate of drug-likeness (QED) is 0.744. The van der Waals surface area contributed by atoms with Crippen molar-refractivity contribution in [2.24, 2.45) is 0 Å². The topological polar surface area (TPSA) is 33.4 Å². The molecule has 0 unspecified atom stereocenters. The Morgan fingerprint density at radius 2 is 2.10 bits per heavy atom. The molecule has 108 valence electrons. The van der Waals surface area contributed by atoms with Gasteiger partial charge in [-0.05, 0) is 54.9 Å². The van der Waals surface area contributed by atoms with Gasteiger partial charge in [0.1, 0.15) is 6.33 Å². The van der Waals surface area contributed by atoms with Crippen LogP contribution in [0.5, 0.6) is 0 Å². The molecule has 0 atom stereocenters. The van der Waals surface area contributed by atoms with E-state index in [2.05, 4.69) is 44.8 Å². The molecule has 0 amide bonds. The number of rotatable bonds is 3. The number of likely N-dealkylation sites (tertiary alicyclic amines) is 1. The second-order valence-electron chi connectivity index (χ2n) is 5.67. The van der Waals surface area contributed by atoms with Crippen LogP contribution in [0.4, 0.5) is 0 Å². The minimum atomic E-state index is 0.763. The Kier molecular flexibility index (Phi) is 3.45. The Morgan fingerprint density at radius 1 is 1.19 bits per heavy atom. The lowest BCUT2D eigenvalue weighted by Gasteiger charge is -2.31. The summed E-state index contributed by atoms with van der Waals surface area (Å²) in [5.41, 5.74) is 2.22. The van der Waals surface area contributed by atoms with Gasteiger partial charge in [0.15, 0.2) is 5.65 Å². The first-order valence-corrected chi connectivity index (χ1v) is 8.30. The molecule has 0 aromatic carbocycles. The van der Waals surface area contributed by atoms with Crippen molar-refractivity contribution in [3.63, 3.8) is 0 Å². The van der Waals surface area contributed by atoms with Crippen LogP contribution < -0.4 is 0 Å². The van der Waals surface area contributed by atoms with Crippen molar-refractivity contribution in [3.05, 3.63) is 52.6 Å². The van der Waals surface area contributed by atoms with Crippen LogP contribution in [0.2, 0.25) is 0 Å². The molecule has 4 rings (SSSR count). The number of nitrogens with zero attached hydrogens (tertiary/aromatic N) is 4. The van der Waals surface area contributed by atoms with Crippen molar-refractivity contribution in [1.29, 1.82) is 0 Å². The average Bonchev–Trinajstić information content (AvgIpc) is 3.19. The van der Waals surface area contributed by atoms with Crippen LogP contribution in [-0.2, 0) is 6.54 Å². The molecule has 0 saturated carbocycles. The molecule has 4 nitrogen and oxygen atoms in total. The summed E-state index contributed by atoms with van der Waals surface area (Å²) in [5.74, 6) is 0.763. The highest BCUT2D eigenvalue weighted by Gasteiger charge is 2.21. The number of thiophene rings is 1. The van der Waals surface area contributed by atoms with Gasteiger partial charge in [0, 0.05) is 17.6 Å². The minimum absolute atomic E-state index is 0.763. The van der Waals surface area contributed by atoms with E-state index in [1.165, 1.54) is 31.5 Å². The first-order valence-electron chi connectivity index (χ1n) is 7.42. The third-order valence-electron chi connectivity index (χ3n) is 4.27. The highest BCUT2D eigenvalue weighted by Crippen LogP contribution is 2.31. The first-order chi connectivity index (χ1) is 10.4. The molecule has 1 saturated heterocycles. The lowest BCUT2D eigenvalue weighted by molar-refractivity contribution is 0.205. The van der Waals surface area contributed by atoms with Gasteiger partial charge >= 0.3 is 0 Å². The third-order valence-corrected chi connectivity index (χ3v) is 5.31.